The predicted octanol–water partition coefficient (Wildman–Crippen LogP) is 2.37. The first-order chi connectivity index (χ1) is 10.7. The van der Waals surface area contributed by atoms with Crippen molar-refractivity contribution in [2.45, 2.75) is 51.5 Å². The Labute approximate surface area is 139 Å². The molecule has 1 aromatic carbocycles. The fraction of sp³-hybridized carbons (Fsp3) is 0.647. The minimum Gasteiger partial charge on any atom is -0.495 e. The molecule has 1 atom stereocenters. The van der Waals surface area contributed by atoms with Crippen LogP contribution in [-0.4, -0.2) is 34.7 Å². The summed E-state index contributed by atoms with van der Waals surface area (Å²) in [5.74, 6) is 0.416. The number of aryl methyl sites for hydroxylation is 2. The van der Waals surface area contributed by atoms with Gasteiger partial charge in [0.05, 0.1) is 7.11 Å². The van der Waals surface area contributed by atoms with Crippen LogP contribution in [0.4, 0.5) is 0 Å². The average molecular weight is 340 g/mol. The zero-order chi connectivity index (χ0) is 17.3. The molecule has 1 heterocycles. The van der Waals surface area contributed by atoms with Crippen LogP contribution < -0.4 is 14.8 Å². The third kappa shape index (κ3) is 4.05. The average Bonchev–Trinajstić information content (AvgIpc) is 2.45. The number of hydrogen-bond acceptors (Lipinski definition) is 4. The maximum atomic E-state index is 12.8. The molecule has 0 bridgehead atoms. The van der Waals surface area contributed by atoms with Crippen LogP contribution in [0.25, 0.3) is 0 Å². The van der Waals surface area contributed by atoms with E-state index in [9.17, 15) is 8.42 Å². The summed E-state index contributed by atoms with van der Waals surface area (Å²) in [6.07, 6.45) is 2.22. The molecule has 0 spiro atoms. The monoisotopic (exact) mass is 340 g/mol. The van der Waals surface area contributed by atoms with E-state index in [0.717, 1.165) is 30.5 Å². The minimum atomic E-state index is -3.61. The number of benzene rings is 1. The van der Waals surface area contributed by atoms with Gasteiger partial charge in [0.1, 0.15) is 10.6 Å². The largest absolute Gasteiger partial charge is 0.495 e. The number of ether oxygens (including phenoxy) is 1. The Morgan fingerprint density at radius 3 is 2.65 bits per heavy atom. The highest BCUT2D eigenvalue weighted by molar-refractivity contribution is 7.89. The molecule has 23 heavy (non-hydrogen) atoms. The van der Waals surface area contributed by atoms with Crippen molar-refractivity contribution in [1.82, 2.24) is 10.0 Å². The highest BCUT2D eigenvalue weighted by Crippen LogP contribution is 2.31. The first kappa shape index (κ1) is 18.2. The molecule has 0 saturated carbocycles. The van der Waals surface area contributed by atoms with Crippen molar-refractivity contribution in [3.8, 4) is 5.75 Å². The zero-order valence-electron chi connectivity index (χ0n) is 14.7. The molecule has 0 aromatic heterocycles. The van der Waals surface area contributed by atoms with E-state index in [4.69, 9.17) is 4.74 Å². The topological polar surface area (TPSA) is 67.4 Å². The quantitative estimate of drug-likeness (QED) is 0.863. The molecule has 130 valence electrons. The third-order valence-corrected chi connectivity index (χ3v) is 6.12. The fourth-order valence-corrected chi connectivity index (χ4v) is 4.64. The third-order valence-electron chi connectivity index (χ3n) is 4.69. The van der Waals surface area contributed by atoms with E-state index in [0.29, 0.717) is 12.3 Å². The summed E-state index contributed by atoms with van der Waals surface area (Å²) in [7, 11) is -2.11. The Kier molecular flexibility index (Phi) is 5.38. The smallest absolute Gasteiger partial charge is 0.244 e. The Hall–Kier alpha value is -1.11. The van der Waals surface area contributed by atoms with Gasteiger partial charge in [-0.15, -0.1) is 0 Å². The van der Waals surface area contributed by atoms with E-state index in [-0.39, 0.29) is 16.4 Å². The Morgan fingerprint density at radius 2 is 2.04 bits per heavy atom. The number of piperidine rings is 1. The highest BCUT2D eigenvalue weighted by atomic mass is 32.2. The maximum absolute atomic E-state index is 12.8. The maximum Gasteiger partial charge on any atom is 0.244 e. The zero-order valence-corrected chi connectivity index (χ0v) is 15.5. The molecule has 6 heteroatoms. The highest BCUT2D eigenvalue weighted by Gasteiger charge is 2.33. The van der Waals surface area contributed by atoms with E-state index in [1.165, 1.54) is 7.11 Å². The molecule has 1 saturated heterocycles. The number of nitrogens with one attached hydrogen (secondary N) is 2. The molecule has 1 aliphatic heterocycles. The lowest BCUT2D eigenvalue weighted by Gasteiger charge is -2.39. The fourth-order valence-electron chi connectivity index (χ4n) is 3.27. The normalized spacial score (nSPS) is 21.2. The first-order valence-corrected chi connectivity index (χ1v) is 9.54. The second kappa shape index (κ2) is 6.79. The molecule has 2 rings (SSSR count). The van der Waals surface area contributed by atoms with E-state index in [2.05, 4.69) is 23.9 Å². The molecule has 1 aliphatic rings. The predicted molar refractivity (Wildman–Crippen MR) is 92.5 cm³/mol. The molecule has 0 amide bonds. The van der Waals surface area contributed by atoms with Crippen LogP contribution in [0.2, 0.25) is 0 Å². The van der Waals surface area contributed by atoms with Gasteiger partial charge in [0, 0.05) is 12.6 Å². The van der Waals surface area contributed by atoms with Crippen LogP contribution in [0.5, 0.6) is 5.75 Å². The van der Waals surface area contributed by atoms with Crippen LogP contribution in [0.1, 0.15) is 37.8 Å². The van der Waals surface area contributed by atoms with Crippen LogP contribution in [0.3, 0.4) is 0 Å². The van der Waals surface area contributed by atoms with Gasteiger partial charge < -0.3 is 10.1 Å². The van der Waals surface area contributed by atoms with Crippen molar-refractivity contribution in [3.05, 3.63) is 23.3 Å². The van der Waals surface area contributed by atoms with Crippen molar-refractivity contribution in [3.63, 3.8) is 0 Å². The Balaban J connectivity index is 2.23. The van der Waals surface area contributed by atoms with Gasteiger partial charge in [0.15, 0.2) is 0 Å². The lowest BCUT2D eigenvalue weighted by Crippen LogP contribution is -2.52. The Bertz CT molecular complexity index is 669. The summed E-state index contributed by atoms with van der Waals surface area (Å²) in [6.45, 7) is 9.41. The van der Waals surface area contributed by atoms with E-state index < -0.39 is 10.0 Å². The summed E-state index contributed by atoms with van der Waals surface area (Å²) < 4.78 is 33.6. The molecule has 1 aromatic rings. The first-order valence-electron chi connectivity index (χ1n) is 8.05. The number of hydrogen-bond donors (Lipinski definition) is 2. The second-order valence-electron chi connectivity index (χ2n) is 7.06. The lowest BCUT2D eigenvalue weighted by atomic mass is 9.78. The summed E-state index contributed by atoms with van der Waals surface area (Å²) in [5.41, 5.74) is 1.80. The molecule has 1 fully saturated rings. The van der Waals surface area contributed by atoms with Crippen molar-refractivity contribution in [2.24, 2.45) is 5.41 Å². The number of rotatable bonds is 5. The van der Waals surface area contributed by atoms with Gasteiger partial charge in [-0.05, 0) is 55.8 Å². The summed E-state index contributed by atoms with van der Waals surface area (Å²) in [5, 5.41) is 3.43. The van der Waals surface area contributed by atoms with Gasteiger partial charge in [0.25, 0.3) is 0 Å². The van der Waals surface area contributed by atoms with Gasteiger partial charge >= 0.3 is 0 Å². The van der Waals surface area contributed by atoms with Crippen LogP contribution in [0.15, 0.2) is 17.0 Å². The van der Waals surface area contributed by atoms with Crippen molar-refractivity contribution >= 4 is 10.0 Å². The summed E-state index contributed by atoms with van der Waals surface area (Å²) >= 11 is 0. The number of methoxy groups -OCH3 is 1. The SMILES string of the molecule is COc1c(C)cc(C)cc1S(=O)(=O)NCC1NCCCC1(C)C. The minimum absolute atomic E-state index is 0.0768. The van der Waals surface area contributed by atoms with Crippen molar-refractivity contribution in [1.29, 1.82) is 0 Å². The molecular formula is C17H28N2O3S. The molecular weight excluding hydrogens is 312 g/mol. The van der Waals surface area contributed by atoms with Crippen molar-refractivity contribution < 1.29 is 13.2 Å². The van der Waals surface area contributed by atoms with Crippen molar-refractivity contribution in [2.75, 3.05) is 20.2 Å². The van der Waals surface area contributed by atoms with Gasteiger partial charge in [-0.2, -0.15) is 0 Å². The molecule has 0 radical (unpaired) electrons. The standard InChI is InChI=1S/C17H28N2O3S/c1-12-9-13(2)16(22-5)14(10-12)23(20,21)19-11-15-17(3,4)7-6-8-18-15/h9-10,15,18-19H,6-8,11H2,1-5H3. The summed E-state index contributed by atoms with van der Waals surface area (Å²) in [4.78, 5) is 0.214. The van der Waals surface area contributed by atoms with E-state index in [1.54, 1.807) is 6.07 Å². The molecule has 2 N–H and O–H groups in total. The number of sulfonamides is 1. The van der Waals surface area contributed by atoms with Crippen LogP contribution in [-0.2, 0) is 10.0 Å². The Morgan fingerprint density at radius 1 is 1.35 bits per heavy atom. The van der Waals surface area contributed by atoms with Gasteiger partial charge in [-0.3, -0.25) is 0 Å². The molecule has 1 unspecified atom stereocenters. The summed E-state index contributed by atoms with van der Waals surface area (Å²) in [6, 6.07) is 3.71. The van der Waals surface area contributed by atoms with E-state index in [1.807, 2.05) is 19.9 Å². The van der Waals surface area contributed by atoms with Crippen LogP contribution in [0, 0.1) is 19.3 Å². The van der Waals surface area contributed by atoms with Gasteiger partial charge in [-0.1, -0.05) is 19.9 Å². The molecule has 5 nitrogen and oxygen atoms in total. The molecule has 0 aliphatic carbocycles. The van der Waals surface area contributed by atoms with Crippen LogP contribution >= 0.6 is 0 Å². The second-order valence-corrected chi connectivity index (χ2v) is 8.80. The van der Waals surface area contributed by atoms with Gasteiger partial charge in [-0.25, -0.2) is 13.1 Å². The lowest BCUT2D eigenvalue weighted by molar-refractivity contribution is 0.181. The van der Waals surface area contributed by atoms with E-state index >= 15 is 0 Å². The van der Waals surface area contributed by atoms with Gasteiger partial charge in [0.2, 0.25) is 10.0 Å².